The summed E-state index contributed by atoms with van der Waals surface area (Å²) in [6, 6.07) is 2.29. The van der Waals surface area contributed by atoms with Gasteiger partial charge in [-0.3, -0.25) is 4.72 Å². The zero-order chi connectivity index (χ0) is 16.8. The highest BCUT2D eigenvalue weighted by molar-refractivity contribution is 14.1. The number of halogens is 4. The molecule has 0 aliphatic heterocycles. The van der Waals surface area contributed by atoms with E-state index < -0.39 is 33.2 Å². The topological polar surface area (TPSA) is 74.8 Å². The normalized spacial score (nSPS) is 11.8. The Morgan fingerprint density at radius 2 is 1.78 bits per heavy atom. The van der Waals surface area contributed by atoms with E-state index in [9.17, 15) is 21.6 Å². The number of anilines is 1. The molecule has 0 bridgehead atoms. The Labute approximate surface area is 142 Å². The van der Waals surface area contributed by atoms with Gasteiger partial charge >= 0.3 is 0 Å². The van der Waals surface area contributed by atoms with Crippen molar-refractivity contribution in [3.8, 4) is 0 Å². The zero-order valence-electron chi connectivity index (χ0n) is 11.1. The number of hydrogen-bond acceptors (Lipinski definition) is 3. The van der Waals surface area contributed by atoms with E-state index in [2.05, 4.69) is 9.97 Å². The number of rotatable bonds is 3. The van der Waals surface area contributed by atoms with E-state index in [-0.39, 0.29) is 11.0 Å². The predicted molar refractivity (Wildman–Crippen MR) is 85.9 cm³/mol. The van der Waals surface area contributed by atoms with Crippen molar-refractivity contribution in [2.24, 2.45) is 0 Å². The first-order valence-electron chi connectivity index (χ1n) is 6.08. The lowest BCUT2D eigenvalue weighted by molar-refractivity contribution is 0.496. The van der Waals surface area contributed by atoms with Gasteiger partial charge in [0.1, 0.15) is 16.4 Å². The standard InChI is InChI=1S/C13H7F3IN3O2S/c14-8-2-10(16)11(3-9(8)15)20-23(21,22)12-5-19-13-7(12)1-6(17)4-18-13/h1-5,20H,(H,18,19). The van der Waals surface area contributed by atoms with Gasteiger partial charge in [0.2, 0.25) is 0 Å². The number of aromatic nitrogens is 2. The van der Waals surface area contributed by atoms with E-state index in [4.69, 9.17) is 0 Å². The fourth-order valence-electron chi connectivity index (χ4n) is 1.98. The van der Waals surface area contributed by atoms with Crippen molar-refractivity contribution in [2.75, 3.05) is 4.72 Å². The molecular weight excluding hydrogens is 446 g/mol. The summed E-state index contributed by atoms with van der Waals surface area (Å²) in [5.41, 5.74) is -0.353. The van der Waals surface area contributed by atoms with E-state index in [1.54, 1.807) is 6.07 Å². The van der Waals surface area contributed by atoms with Crippen LogP contribution in [0.3, 0.4) is 0 Å². The molecule has 0 aliphatic carbocycles. The molecule has 3 rings (SSSR count). The molecule has 23 heavy (non-hydrogen) atoms. The molecule has 0 saturated heterocycles. The summed E-state index contributed by atoms with van der Waals surface area (Å²) >= 11 is 1.96. The summed E-state index contributed by atoms with van der Waals surface area (Å²) < 4.78 is 67.1. The average molecular weight is 453 g/mol. The highest BCUT2D eigenvalue weighted by Crippen LogP contribution is 2.26. The van der Waals surface area contributed by atoms with Crippen LogP contribution in [0.5, 0.6) is 0 Å². The fourth-order valence-corrected chi connectivity index (χ4v) is 3.64. The third kappa shape index (κ3) is 3.00. The molecule has 0 unspecified atom stereocenters. The first-order chi connectivity index (χ1) is 10.8. The van der Waals surface area contributed by atoms with Crippen LogP contribution in [0, 0.1) is 21.0 Å². The van der Waals surface area contributed by atoms with Crippen LogP contribution in [0.1, 0.15) is 0 Å². The minimum atomic E-state index is -4.22. The van der Waals surface area contributed by atoms with Crippen LogP contribution in [0.4, 0.5) is 18.9 Å². The minimum Gasteiger partial charge on any atom is -0.345 e. The largest absolute Gasteiger partial charge is 0.345 e. The molecule has 0 atom stereocenters. The van der Waals surface area contributed by atoms with Gasteiger partial charge in [-0.15, -0.1) is 0 Å². The molecule has 0 radical (unpaired) electrons. The first-order valence-corrected chi connectivity index (χ1v) is 8.64. The average Bonchev–Trinajstić information content (AvgIpc) is 2.88. The van der Waals surface area contributed by atoms with Gasteiger partial charge in [-0.05, 0) is 28.7 Å². The number of benzene rings is 1. The Morgan fingerprint density at radius 1 is 1.09 bits per heavy atom. The van der Waals surface area contributed by atoms with Crippen LogP contribution in [0.25, 0.3) is 11.0 Å². The van der Waals surface area contributed by atoms with Gasteiger partial charge in [0.15, 0.2) is 11.6 Å². The number of nitrogens with zero attached hydrogens (tertiary/aromatic N) is 1. The van der Waals surface area contributed by atoms with Crippen molar-refractivity contribution in [1.29, 1.82) is 0 Å². The Kier molecular flexibility index (Phi) is 3.96. The molecule has 0 saturated carbocycles. The van der Waals surface area contributed by atoms with Crippen molar-refractivity contribution < 1.29 is 21.6 Å². The highest BCUT2D eigenvalue weighted by atomic mass is 127. The van der Waals surface area contributed by atoms with Crippen molar-refractivity contribution in [1.82, 2.24) is 9.97 Å². The second-order valence-corrected chi connectivity index (χ2v) is 7.45. The Hall–Kier alpha value is -1.82. The zero-order valence-corrected chi connectivity index (χ0v) is 14.0. The predicted octanol–water partition coefficient (Wildman–Crippen LogP) is 3.39. The number of H-pyrrole nitrogens is 1. The maximum absolute atomic E-state index is 13.6. The maximum atomic E-state index is 13.6. The SMILES string of the molecule is O=S(=O)(Nc1cc(F)c(F)cc1F)c1c[nH]c2ncc(I)cc12. The number of nitrogens with one attached hydrogen (secondary N) is 2. The first kappa shape index (κ1) is 16.1. The highest BCUT2D eigenvalue weighted by Gasteiger charge is 2.22. The molecular formula is C13H7F3IN3O2S. The molecule has 120 valence electrons. The third-order valence-corrected chi connectivity index (χ3v) is 5.00. The van der Waals surface area contributed by atoms with Crippen LogP contribution in [0.15, 0.2) is 35.5 Å². The summed E-state index contributed by atoms with van der Waals surface area (Å²) in [6.07, 6.45) is 2.73. The van der Waals surface area contributed by atoms with Crippen LogP contribution in [-0.2, 0) is 10.0 Å². The Bertz CT molecular complexity index is 1020. The summed E-state index contributed by atoms with van der Waals surface area (Å²) in [5, 5.41) is 0.299. The second-order valence-electron chi connectivity index (χ2n) is 4.55. The number of hydrogen-bond donors (Lipinski definition) is 2. The van der Waals surface area contributed by atoms with Gasteiger partial charge in [-0.1, -0.05) is 0 Å². The van der Waals surface area contributed by atoms with E-state index >= 15 is 0 Å². The molecule has 5 nitrogen and oxygen atoms in total. The maximum Gasteiger partial charge on any atom is 0.264 e. The second kappa shape index (κ2) is 5.67. The Morgan fingerprint density at radius 3 is 2.52 bits per heavy atom. The van der Waals surface area contributed by atoms with Crippen molar-refractivity contribution in [3.63, 3.8) is 0 Å². The molecule has 3 aromatic rings. The van der Waals surface area contributed by atoms with Crippen LogP contribution >= 0.6 is 22.6 Å². The van der Waals surface area contributed by atoms with Crippen LogP contribution in [0.2, 0.25) is 0 Å². The van der Waals surface area contributed by atoms with Gasteiger partial charge in [0.05, 0.1) is 5.69 Å². The van der Waals surface area contributed by atoms with E-state index in [0.29, 0.717) is 20.7 Å². The van der Waals surface area contributed by atoms with Crippen molar-refractivity contribution in [3.05, 3.63) is 51.6 Å². The molecule has 0 aliphatic rings. The molecule has 0 spiro atoms. The molecule has 0 fully saturated rings. The third-order valence-electron chi connectivity index (χ3n) is 3.00. The number of aromatic amines is 1. The van der Waals surface area contributed by atoms with Crippen molar-refractivity contribution in [2.45, 2.75) is 4.90 Å². The van der Waals surface area contributed by atoms with Gasteiger partial charge in [0, 0.05) is 33.5 Å². The van der Waals surface area contributed by atoms with E-state index in [1.807, 2.05) is 27.3 Å². The van der Waals surface area contributed by atoms with Gasteiger partial charge in [-0.25, -0.2) is 26.6 Å². The lowest BCUT2D eigenvalue weighted by atomic mass is 10.3. The Balaban J connectivity index is 2.08. The molecule has 2 N–H and O–H groups in total. The summed E-state index contributed by atoms with van der Waals surface area (Å²) in [6.45, 7) is 0. The summed E-state index contributed by atoms with van der Waals surface area (Å²) in [7, 11) is -4.22. The lowest BCUT2D eigenvalue weighted by Gasteiger charge is -2.08. The monoisotopic (exact) mass is 453 g/mol. The molecule has 2 heterocycles. The van der Waals surface area contributed by atoms with Gasteiger partial charge < -0.3 is 4.98 Å². The van der Waals surface area contributed by atoms with Crippen LogP contribution in [-0.4, -0.2) is 18.4 Å². The van der Waals surface area contributed by atoms with Crippen LogP contribution < -0.4 is 4.72 Å². The van der Waals surface area contributed by atoms with Gasteiger partial charge in [-0.2, -0.15) is 0 Å². The molecule has 2 aromatic heterocycles. The molecule has 1 aromatic carbocycles. The lowest BCUT2D eigenvalue weighted by Crippen LogP contribution is -2.14. The van der Waals surface area contributed by atoms with E-state index in [0.717, 1.165) is 0 Å². The summed E-state index contributed by atoms with van der Waals surface area (Å²) in [4.78, 5) is 6.53. The quantitative estimate of drug-likeness (QED) is 0.472. The molecule has 10 heteroatoms. The summed E-state index contributed by atoms with van der Waals surface area (Å²) in [5.74, 6) is -3.99. The number of sulfonamides is 1. The number of fused-ring (bicyclic) bond motifs is 1. The minimum absolute atomic E-state index is 0.178. The van der Waals surface area contributed by atoms with Crippen molar-refractivity contribution >= 4 is 49.3 Å². The fraction of sp³-hybridized carbons (Fsp3) is 0. The smallest absolute Gasteiger partial charge is 0.264 e. The van der Waals surface area contributed by atoms with E-state index in [1.165, 1.54) is 12.4 Å². The molecule has 0 amide bonds. The number of pyridine rings is 1. The van der Waals surface area contributed by atoms with Gasteiger partial charge in [0.25, 0.3) is 10.0 Å².